The SMILES string of the molecule is CCS(=O)(=O)c1cc(C2CC2C(F)(F)F)cnc1-c1nc2cc(C(F)(F)F)ncc2n1C. The Hall–Kier alpha value is -2.70. The fourth-order valence-corrected chi connectivity index (χ4v) is 4.67. The Kier molecular flexibility index (Phi) is 5.03. The van der Waals surface area contributed by atoms with Crippen molar-refractivity contribution in [2.75, 3.05) is 5.75 Å². The van der Waals surface area contributed by atoms with E-state index in [2.05, 4.69) is 15.0 Å². The largest absolute Gasteiger partial charge is 0.433 e. The first-order valence-electron chi connectivity index (χ1n) is 9.43. The Bertz CT molecular complexity index is 1310. The van der Waals surface area contributed by atoms with Crippen LogP contribution in [0.15, 0.2) is 29.4 Å². The van der Waals surface area contributed by atoms with Crippen molar-refractivity contribution >= 4 is 20.9 Å². The third kappa shape index (κ3) is 3.82. The lowest BCUT2D eigenvalue weighted by molar-refractivity contribution is -0.148. The zero-order valence-electron chi connectivity index (χ0n) is 16.7. The van der Waals surface area contributed by atoms with Crippen molar-refractivity contribution in [2.24, 2.45) is 13.0 Å². The highest BCUT2D eigenvalue weighted by Gasteiger charge is 2.56. The molecule has 0 saturated heterocycles. The minimum absolute atomic E-state index is 0.0390. The zero-order valence-corrected chi connectivity index (χ0v) is 17.5. The van der Waals surface area contributed by atoms with Gasteiger partial charge < -0.3 is 4.57 Å². The Balaban J connectivity index is 1.86. The van der Waals surface area contributed by atoms with Crippen molar-refractivity contribution < 1.29 is 34.8 Å². The molecule has 3 aromatic rings. The smallest absolute Gasteiger partial charge is 0.324 e. The molecule has 172 valence electrons. The van der Waals surface area contributed by atoms with Crippen LogP contribution >= 0.6 is 0 Å². The van der Waals surface area contributed by atoms with Crippen molar-refractivity contribution in [3.8, 4) is 11.5 Å². The second kappa shape index (κ2) is 7.15. The molecule has 3 heterocycles. The van der Waals surface area contributed by atoms with Crippen LogP contribution in [0.3, 0.4) is 0 Å². The van der Waals surface area contributed by atoms with Crippen LogP contribution in [-0.4, -0.2) is 39.9 Å². The molecule has 0 spiro atoms. The summed E-state index contributed by atoms with van der Waals surface area (Å²) >= 11 is 0. The summed E-state index contributed by atoms with van der Waals surface area (Å²) in [6.07, 6.45) is -7.11. The zero-order chi connectivity index (χ0) is 23.6. The van der Waals surface area contributed by atoms with Gasteiger partial charge >= 0.3 is 12.4 Å². The van der Waals surface area contributed by atoms with E-state index in [0.717, 1.165) is 18.3 Å². The summed E-state index contributed by atoms with van der Waals surface area (Å²) in [7, 11) is -2.48. The van der Waals surface area contributed by atoms with Crippen LogP contribution in [0.5, 0.6) is 0 Å². The Labute approximate surface area is 178 Å². The van der Waals surface area contributed by atoms with Gasteiger partial charge in [0.15, 0.2) is 15.7 Å². The van der Waals surface area contributed by atoms with E-state index in [1.807, 2.05) is 0 Å². The molecule has 4 rings (SSSR count). The summed E-state index contributed by atoms with van der Waals surface area (Å²) in [5, 5.41) is 0. The van der Waals surface area contributed by atoms with Crippen LogP contribution in [0.4, 0.5) is 26.3 Å². The van der Waals surface area contributed by atoms with Crippen LogP contribution < -0.4 is 0 Å². The maximum absolute atomic E-state index is 13.0. The van der Waals surface area contributed by atoms with E-state index in [1.165, 1.54) is 24.7 Å². The van der Waals surface area contributed by atoms with Crippen molar-refractivity contribution in [3.63, 3.8) is 0 Å². The van der Waals surface area contributed by atoms with Crippen molar-refractivity contribution in [1.29, 1.82) is 0 Å². The van der Waals surface area contributed by atoms with Gasteiger partial charge in [-0.2, -0.15) is 26.3 Å². The van der Waals surface area contributed by atoms with E-state index in [1.54, 1.807) is 0 Å². The highest BCUT2D eigenvalue weighted by atomic mass is 32.2. The molecule has 0 N–H and O–H groups in total. The van der Waals surface area contributed by atoms with E-state index in [-0.39, 0.29) is 45.2 Å². The first-order chi connectivity index (χ1) is 14.7. The van der Waals surface area contributed by atoms with Crippen LogP contribution in [0.1, 0.15) is 30.5 Å². The van der Waals surface area contributed by atoms with Gasteiger partial charge in [-0.3, -0.25) is 4.98 Å². The lowest BCUT2D eigenvalue weighted by Crippen LogP contribution is -2.12. The lowest BCUT2D eigenvalue weighted by atomic mass is 10.1. The number of halogens is 6. The summed E-state index contributed by atoms with van der Waals surface area (Å²) in [4.78, 5) is 11.3. The van der Waals surface area contributed by atoms with Gasteiger partial charge in [0.05, 0.1) is 33.8 Å². The number of alkyl halides is 6. The number of hydrogen-bond acceptors (Lipinski definition) is 5. The Morgan fingerprint density at radius 3 is 2.34 bits per heavy atom. The van der Waals surface area contributed by atoms with Gasteiger partial charge in [0, 0.05) is 13.2 Å². The summed E-state index contributed by atoms with van der Waals surface area (Å²) in [6.45, 7) is 1.37. The maximum Gasteiger partial charge on any atom is 0.433 e. The van der Waals surface area contributed by atoms with E-state index < -0.39 is 39.7 Å². The molecule has 1 aliphatic carbocycles. The third-order valence-electron chi connectivity index (χ3n) is 5.50. The molecule has 0 aromatic carbocycles. The van der Waals surface area contributed by atoms with Gasteiger partial charge in [0.25, 0.3) is 0 Å². The van der Waals surface area contributed by atoms with Gasteiger partial charge in [-0.1, -0.05) is 6.92 Å². The van der Waals surface area contributed by atoms with Crippen LogP contribution in [0.25, 0.3) is 22.6 Å². The molecule has 0 aliphatic heterocycles. The lowest BCUT2D eigenvalue weighted by Gasteiger charge is -2.12. The van der Waals surface area contributed by atoms with Crippen molar-refractivity contribution in [1.82, 2.24) is 19.5 Å². The predicted molar refractivity (Wildman–Crippen MR) is 101 cm³/mol. The monoisotopic (exact) mass is 478 g/mol. The molecular formula is C19H16F6N4O2S. The second-order valence-corrected chi connectivity index (χ2v) is 9.81. The predicted octanol–water partition coefficient (Wildman–Crippen LogP) is 4.51. The first-order valence-corrected chi connectivity index (χ1v) is 11.1. The first kappa shape index (κ1) is 22.5. The third-order valence-corrected chi connectivity index (χ3v) is 7.24. The average Bonchev–Trinajstić information content (AvgIpc) is 3.46. The van der Waals surface area contributed by atoms with E-state index in [9.17, 15) is 34.8 Å². The Morgan fingerprint density at radius 1 is 1.09 bits per heavy atom. The quantitative estimate of drug-likeness (QED) is 0.516. The summed E-state index contributed by atoms with van der Waals surface area (Å²) in [5.74, 6) is -2.83. The van der Waals surface area contributed by atoms with E-state index in [0.29, 0.717) is 0 Å². The molecule has 32 heavy (non-hydrogen) atoms. The normalized spacial score (nSPS) is 19.5. The fraction of sp³-hybridized carbons (Fsp3) is 0.421. The molecule has 1 saturated carbocycles. The van der Waals surface area contributed by atoms with Crippen molar-refractivity contribution in [3.05, 3.63) is 35.8 Å². The number of imidazole rings is 1. The highest BCUT2D eigenvalue weighted by Crippen LogP contribution is 2.56. The van der Waals surface area contributed by atoms with Crippen LogP contribution in [0, 0.1) is 5.92 Å². The number of aryl methyl sites for hydroxylation is 1. The summed E-state index contributed by atoms with van der Waals surface area (Å²) in [5.41, 5.74) is -1.03. The number of hydrogen-bond donors (Lipinski definition) is 0. The molecular weight excluding hydrogens is 462 g/mol. The minimum Gasteiger partial charge on any atom is -0.324 e. The van der Waals surface area contributed by atoms with Gasteiger partial charge in [0.2, 0.25) is 0 Å². The number of aromatic nitrogens is 4. The molecule has 1 fully saturated rings. The number of rotatable bonds is 4. The topological polar surface area (TPSA) is 77.7 Å². The fourth-order valence-electron chi connectivity index (χ4n) is 3.60. The van der Waals surface area contributed by atoms with Crippen LogP contribution in [0.2, 0.25) is 0 Å². The van der Waals surface area contributed by atoms with Gasteiger partial charge in [-0.25, -0.2) is 18.4 Å². The molecule has 0 radical (unpaired) electrons. The molecule has 2 atom stereocenters. The molecule has 13 heteroatoms. The van der Waals surface area contributed by atoms with Gasteiger partial charge in [-0.15, -0.1) is 0 Å². The second-order valence-electron chi connectivity index (χ2n) is 7.56. The molecule has 0 bridgehead atoms. The van der Waals surface area contributed by atoms with E-state index >= 15 is 0 Å². The van der Waals surface area contributed by atoms with Gasteiger partial charge in [-0.05, 0) is 30.0 Å². The average molecular weight is 478 g/mol. The number of fused-ring (bicyclic) bond motifs is 1. The van der Waals surface area contributed by atoms with Crippen molar-refractivity contribution in [2.45, 2.75) is 36.5 Å². The maximum atomic E-state index is 13.0. The van der Waals surface area contributed by atoms with E-state index in [4.69, 9.17) is 0 Å². The summed E-state index contributed by atoms with van der Waals surface area (Å²) < 4.78 is 105. The highest BCUT2D eigenvalue weighted by molar-refractivity contribution is 7.91. The van der Waals surface area contributed by atoms with Crippen LogP contribution in [-0.2, 0) is 23.1 Å². The molecule has 1 aliphatic rings. The Morgan fingerprint density at radius 2 is 1.78 bits per heavy atom. The molecule has 6 nitrogen and oxygen atoms in total. The summed E-state index contributed by atoms with van der Waals surface area (Å²) in [6, 6.07) is 1.90. The number of sulfone groups is 1. The number of pyridine rings is 2. The minimum atomic E-state index is -4.69. The molecule has 2 unspecified atom stereocenters. The standard InChI is InChI=1S/C19H16F6N4O2S/c1-3-32(30,31)14-4-9(10-5-11(10)18(20,21)22)7-27-16(14)17-28-12-6-15(19(23,24)25)26-8-13(12)29(17)2/h4,6-8,10-11H,3,5H2,1-2H3. The number of nitrogens with zero attached hydrogens (tertiary/aromatic N) is 4. The van der Waals surface area contributed by atoms with Gasteiger partial charge in [0.1, 0.15) is 11.4 Å². The molecule has 3 aromatic heterocycles. The molecule has 0 amide bonds.